The molecule has 1 aliphatic rings. The van der Waals surface area contributed by atoms with E-state index in [1.807, 2.05) is 36.4 Å². The van der Waals surface area contributed by atoms with E-state index in [4.69, 9.17) is 19.4 Å². The molecule has 32 heavy (non-hydrogen) atoms. The number of halogens is 1. The summed E-state index contributed by atoms with van der Waals surface area (Å²) in [6.07, 6.45) is 6.23. The predicted octanol–water partition coefficient (Wildman–Crippen LogP) is 4.74. The molecular formula is C25H21FN4O2. The van der Waals surface area contributed by atoms with Crippen molar-refractivity contribution in [2.24, 2.45) is 0 Å². The van der Waals surface area contributed by atoms with Crippen molar-refractivity contribution in [2.45, 2.75) is 25.7 Å². The summed E-state index contributed by atoms with van der Waals surface area (Å²) < 4.78 is 24.3. The maximum atomic E-state index is 13.3. The summed E-state index contributed by atoms with van der Waals surface area (Å²) in [5.41, 5.74) is 4.46. The Morgan fingerprint density at radius 1 is 0.938 bits per heavy atom. The molecule has 1 aliphatic heterocycles. The van der Waals surface area contributed by atoms with Crippen LogP contribution in [0.5, 0.6) is 11.5 Å². The van der Waals surface area contributed by atoms with Crippen molar-refractivity contribution in [2.75, 3.05) is 6.79 Å². The molecule has 0 saturated carbocycles. The molecule has 0 unspecified atom stereocenters. The van der Waals surface area contributed by atoms with E-state index in [9.17, 15) is 4.39 Å². The standard InChI is InChI=1S/C25H21FN4O2/c1-16(17-2-5-19(26)6-3-17)10-25-29-20(12-21-14-27-8-9-28-21)13-22(30-25)18-4-7-23-24(11-18)32-15-31-23/h2-9,11,13-14,16H,10,12,15H2,1H3/t16-/m1/s1. The zero-order chi connectivity index (χ0) is 21.9. The molecular weight excluding hydrogens is 407 g/mol. The van der Waals surface area contributed by atoms with Gasteiger partial charge in [-0.2, -0.15) is 0 Å². The molecule has 0 spiro atoms. The lowest BCUT2D eigenvalue weighted by atomic mass is 9.97. The Kier molecular flexibility index (Phi) is 5.46. The highest BCUT2D eigenvalue weighted by atomic mass is 19.1. The quantitative estimate of drug-likeness (QED) is 0.442. The van der Waals surface area contributed by atoms with Gasteiger partial charge in [0.25, 0.3) is 0 Å². The van der Waals surface area contributed by atoms with Crippen molar-refractivity contribution in [1.82, 2.24) is 19.9 Å². The van der Waals surface area contributed by atoms with Crippen LogP contribution in [0.4, 0.5) is 4.39 Å². The predicted molar refractivity (Wildman–Crippen MR) is 117 cm³/mol. The van der Waals surface area contributed by atoms with Crippen LogP contribution in [0.3, 0.4) is 0 Å². The molecule has 5 rings (SSSR count). The second-order valence-electron chi connectivity index (χ2n) is 7.76. The van der Waals surface area contributed by atoms with Crippen molar-refractivity contribution < 1.29 is 13.9 Å². The lowest BCUT2D eigenvalue weighted by Crippen LogP contribution is -2.07. The molecule has 0 amide bonds. The largest absolute Gasteiger partial charge is 0.454 e. The van der Waals surface area contributed by atoms with Crippen LogP contribution in [0.15, 0.2) is 67.1 Å². The monoisotopic (exact) mass is 428 g/mol. The smallest absolute Gasteiger partial charge is 0.231 e. The lowest BCUT2D eigenvalue weighted by molar-refractivity contribution is 0.174. The van der Waals surface area contributed by atoms with Crippen molar-refractivity contribution in [3.63, 3.8) is 0 Å². The van der Waals surface area contributed by atoms with Crippen molar-refractivity contribution in [3.05, 3.63) is 95.7 Å². The maximum absolute atomic E-state index is 13.3. The summed E-state index contributed by atoms with van der Waals surface area (Å²) in [5.74, 6) is 2.04. The maximum Gasteiger partial charge on any atom is 0.231 e. The molecule has 3 heterocycles. The highest BCUT2D eigenvalue weighted by molar-refractivity contribution is 5.64. The number of rotatable bonds is 6. The van der Waals surface area contributed by atoms with Crippen LogP contribution in [0.2, 0.25) is 0 Å². The van der Waals surface area contributed by atoms with Crippen LogP contribution < -0.4 is 9.47 Å². The van der Waals surface area contributed by atoms with E-state index >= 15 is 0 Å². The molecule has 0 saturated heterocycles. The molecule has 0 N–H and O–H groups in total. The number of hydrogen-bond acceptors (Lipinski definition) is 6. The molecule has 0 bridgehead atoms. The zero-order valence-corrected chi connectivity index (χ0v) is 17.5. The van der Waals surface area contributed by atoms with Gasteiger partial charge in [0.15, 0.2) is 11.5 Å². The second-order valence-corrected chi connectivity index (χ2v) is 7.76. The van der Waals surface area contributed by atoms with E-state index in [-0.39, 0.29) is 18.5 Å². The van der Waals surface area contributed by atoms with Gasteiger partial charge in [0.1, 0.15) is 11.6 Å². The lowest BCUT2D eigenvalue weighted by Gasteiger charge is -2.13. The van der Waals surface area contributed by atoms with Gasteiger partial charge in [-0.05, 0) is 47.9 Å². The zero-order valence-electron chi connectivity index (χ0n) is 17.5. The third-order valence-electron chi connectivity index (χ3n) is 5.40. The minimum Gasteiger partial charge on any atom is -0.454 e. The Bertz CT molecular complexity index is 1230. The van der Waals surface area contributed by atoms with Gasteiger partial charge in [-0.3, -0.25) is 9.97 Å². The molecule has 2 aromatic carbocycles. The topological polar surface area (TPSA) is 70.0 Å². The Balaban J connectivity index is 1.49. The fraction of sp³-hybridized carbons (Fsp3) is 0.200. The van der Waals surface area contributed by atoms with E-state index in [1.165, 1.54) is 12.1 Å². The Morgan fingerprint density at radius 3 is 2.59 bits per heavy atom. The van der Waals surface area contributed by atoms with Gasteiger partial charge in [-0.25, -0.2) is 14.4 Å². The van der Waals surface area contributed by atoms with E-state index in [2.05, 4.69) is 16.9 Å². The molecule has 0 aliphatic carbocycles. The van der Waals surface area contributed by atoms with E-state index in [1.54, 1.807) is 18.6 Å². The van der Waals surface area contributed by atoms with Gasteiger partial charge in [0, 0.05) is 37.0 Å². The first kappa shape index (κ1) is 20.1. The van der Waals surface area contributed by atoms with E-state index in [0.29, 0.717) is 18.6 Å². The summed E-state index contributed by atoms with van der Waals surface area (Å²) in [6, 6.07) is 14.3. The second kappa shape index (κ2) is 8.70. The Hall–Kier alpha value is -3.87. The van der Waals surface area contributed by atoms with Crippen LogP contribution in [0.1, 0.15) is 35.6 Å². The van der Waals surface area contributed by atoms with Gasteiger partial charge in [-0.15, -0.1) is 0 Å². The van der Waals surface area contributed by atoms with E-state index < -0.39 is 0 Å². The number of fused-ring (bicyclic) bond motifs is 1. The highest BCUT2D eigenvalue weighted by Crippen LogP contribution is 2.35. The van der Waals surface area contributed by atoms with Crippen molar-refractivity contribution in [3.8, 4) is 22.8 Å². The molecule has 6 nitrogen and oxygen atoms in total. The minimum absolute atomic E-state index is 0.131. The van der Waals surface area contributed by atoms with E-state index in [0.717, 1.165) is 39.8 Å². The van der Waals surface area contributed by atoms with Crippen LogP contribution in [0.25, 0.3) is 11.3 Å². The van der Waals surface area contributed by atoms with Gasteiger partial charge in [0.05, 0.1) is 17.1 Å². The number of ether oxygens (including phenoxy) is 2. The highest BCUT2D eigenvalue weighted by Gasteiger charge is 2.17. The SMILES string of the molecule is C[C@H](Cc1nc(Cc2cnccn2)cc(-c2ccc3c(c2)OCO3)n1)c1ccc(F)cc1. The Labute approximate surface area is 185 Å². The first-order chi connectivity index (χ1) is 15.6. The number of nitrogens with zero attached hydrogens (tertiary/aromatic N) is 4. The van der Waals surface area contributed by atoms with Gasteiger partial charge in [0.2, 0.25) is 6.79 Å². The van der Waals surface area contributed by atoms with Crippen LogP contribution >= 0.6 is 0 Å². The number of benzene rings is 2. The Morgan fingerprint density at radius 2 is 1.78 bits per heavy atom. The van der Waals surface area contributed by atoms with Crippen molar-refractivity contribution in [1.29, 1.82) is 0 Å². The average Bonchev–Trinajstić information content (AvgIpc) is 3.28. The molecule has 2 aromatic heterocycles. The number of hydrogen-bond donors (Lipinski definition) is 0. The summed E-state index contributed by atoms with van der Waals surface area (Å²) in [7, 11) is 0. The molecule has 7 heteroatoms. The van der Waals surface area contributed by atoms with Crippen molar-refractivity contribution >= 4 is 0 Å². The minimum atomic E-state index is -0.242. The summed E-state index contributed by atoms with van der Waals surface area (Å²) in [4.78, 5) is 18.2. The summed E-state index contributed by atoms with van der Waals surface area (Å²) >= 11 is 0. The number of aromatic nitrogens is 4. The van der Waals surface area contributed by atoms with Crippen LogP contribution in [-0.2, 0) is 12.8 Å². The first-order valence-electron chi connectivity index (χ1n) is 10.4. The third-order valence-corrected chi connectivity index (χ3v) is 5.40. The summed E-state index contributed by atoms with van der Waals surface area (Å²) in [6.45, 7) is 2.31. The molecule has 0 fully saturated rings. The summed E-state index contributed by atoms with van der Waals surface area (Å²) in [5, 5.41) is 0. The normalized spacial score (nSPS) is 13.2. The van der Waals surface area contributed by atoms with Crippen LogP contribution in [-0.4, -0.2) is 26.7 Å². The molecule has 4 aromatic rings. The molecule has 0 radical (unpaired) electrons. The fourth-order valence-corrected chi connectivity index (χ4v) is 3.73. The van der Waals surface area contributed by atoms with Gasteiger partial charge in [-0.1, -0.05) is 19.1 Å². The molecule has 160 valence electrons. The first-order valence-corrected chi connectivity index (χ1v) is 10.4. The molecule has 1 atom stereocenters. The van der Waals surface area contributed by atoms with Gasteiger partial charge < -0.3 is 9.47 Å². The third kappa shape index (κ3) is 4.42. The average molecular weight is 428 g/mol. The van der Waals surface area contributed by atoms with Crippen LogP contribution in [0, 0.1) is 5.82 Å². The fourth-order valence-electron chi connectivity index (χ4n) is 3.73. The van der Waals surface area contributed by atoms with Gasteiger partial charge >= 0.3 is 0 Å².